The third kappa shape index (κ3) is 1.94. The molecule has 1 aliphatic heterocycles. The molecule has 1 atom stereocenters. The Morgan fingerprint density at radius 3 is 2.90 bits per heavy atom. The lowest BCUT2D eigenvalue weighted by molar-refractivity contribution is 0.254. The van der Waals surface area contributed by atoms with Crippen molar-refractivity contribution in [3.8, 4) is 0 Å². The van der Waals surface area contributed by atoms with Gasteiger partial charge in [0.1, 0.15) is 0 Å². The zero-order chi connectivity index (χ0) is 7.40. The van der Waals surface area contributed by atoms with Gasteiger partial charge < -0.3 is 4.90 Å². The highest BCUT2D eigenvalue weighted by molar-refractivity contribution is 4.74. The number of rotatable bonds is 3. The first-order chi connectivity index (χ1) is 4.84. The second kappa shape index (κ2) is 3.91. The van der Waals surface area contributed by atoms with Gasteiger partial charge in [0.25, 0.3) is 0 Å². The lowest BCUT2D eigenvalue weighted by Crippen LogP contribution is -2.27. The zero-order valence-corrected chi connectivity index (χ0v) is 6.65. The second-order valence-electron chi connectivity index (χ2n) is 3.07. The van der Waals surface area contributed by atoms with Crippen LogP contribution in [0.3, 0.4) is 0 Å². The molecule has 0 saturated carbocycles. The van der Waals surface area contributed by atoms with Crippen molar-refractivity contribution in [3.63, 3.8) is 0 Å². The number of hydrogen-bond donors (Lipinski definition) is 0. The minimum absolute atomic E-state index is 0.163. The third-order valence-corrected chi connectivity index (χ3v) is 2.27. The molecule has 1 fully saturated rings. The van der Waals surface area contributed by atoms with E-state index in [-0.39, 0.29) is 6.67 Å². The van der Waals surface area contributed by atoms with Gasteiger partial charge in [-0.25, -0.2) is 0 Å². The van der Waals surface area contributed by atoms with Crippen LogP contribution in [0.4, 0.5) is 4.39 Å². The summed E-state index contributed by atoms with van der Waals surface area (Å²) >= 11 is 0. The van der Waals surface area contributed by atoms with E-state index in [1.807, 2.05) is 0 Å². The largest absolute Gasteiger partial charge is 0.301 e. The molecule has 0 aromatic carbocycles. The highest BCUT2D eigenvalue weighted by atomic mass is 19.1. The van der Waals surface area contributed by atoms with E-state index in [2.05, 4.69) is 11.8 Å². The van der Waals surface area contributed by atoms with Gasteiger partial charge in [0.15, 0.2) is 0 Å². The minimum atomic E-state index is -0.163. The van der Waals surface area contributed by atoms with Gasteiger partial charge in [-0.15, -0.1) is 0 Å². The molecule has 0 aromatic rings. The van der Waals surface area contributed by atoms with E-state index in [0.29, 0.717) is 12.5 Å². The van der Waals surface area contributed by atoms with Crippen LogP contribution in [0.15, 0.2) is 0 Å². The summed E-state index contributed by atoms with van der Waals surface area (Å²) < 4.78 is 11.7. The number of likely N-dealkylation sites (tertiary alicyclic amines) is 1. The molecule has 2 heteroatoms. The van der Waals surface area contributed by atoms with E-state index in [9.17, 15) is 4.39 Å². The van der Waals surface area contributed by atoms with Crippen molar-refractivity contribution in [1.29, 1.82) is 0 Å². The molecule has 1 rings (SSSR count). The summed E-state index contributed by atoms with van der Waals surface area (Å²) in [6.07, 6.45) is 3.31. The van der Waals surface area contributed by atoms with Crippen molar-refractivity contribution in [1.82, 2.24) is 4.90 Å². The Bertz CT molecular complexity index is 95.3. The fraction of sp³-hybridized carbons (Fsp3) is 1.00. The summed E-state index contributed by atoms with van der Waals surface area (Å²) in [7, 11) is 0. The van der Waals surface area contributed by atoms with E-state index >= 15 is 0 Å². The summed E-state index contributed by atoms with van der Waals surface area (Å²) in [6.45, 7) is 4.20. The Hall–Kier alpha value is -0.110. The van der Waals surface area contributed by atoms with Crippen LogP contribution < -0.4 is 0 Å². The normalized spacial score (nSPS) is 27.6. The Morgan fingerprint density at radius 1 is 1.60 bits per heavy atom. The predicted molar refractivity (Wildman–Crippen MR) is 40.9 cm³/mol. The number of halogens is 1. The maximum absolute atomic E-state index is 11.7. The van der Waals surface area contributed by atoms with Crippen LogP contribution in [0, 0.1) is 0 Å². The van der Waals surface area contributed by atoms with E-state index in [4.69, 9.17) is 0 Å². The lowest BCUT2D eigenvalue weighted by atomic mass is 10.2. The van der Waals surface area contributed by atoms with Crippen LogP contribution in [0.5, 0.6) is 0 Å². The molecule has 0 unspecified atom stereocenters. The highest BCUT2D eigenvalue weighted by Crippen LogP contribution is 2.15. The van der Waals surface area contributed by atoms with E-state index in [1.165, 1.54) is 19.4 Å². The van der Waals surface area contributed by atoms with Gasteiger partial charge in [0, 0.05) is 12.6 Å². The predicted octanol–water partition coefficient (Wildman–Crippen LogP) is 1.83. The minimum Gasteiger partial charge on any atom is -0.301 e. The molecule has 60 valence electrons. The fourth-order valence-electron chi connectivity index (χ4n) is 1.59. The Balaban J connectivity index is 2.14. The average molecular weight is 145 g/mol. The second-order valence-corrected chi connectivity index (χ2v) is 3.07. The molecule has 0 N–H and O–H groups in total. The molecule has 0 bridgehead atoms. The van der Waals surface area contributed by atoms with E-state index in [1.54, 1.807) is 0 Å². The first-order valence-electron chi connectivity index (χ1n) is 4.14. The van der Waals surface area contributed by atoms with Crippen LogP contribution in [0.1, 0.15) is 26.2 Å². The molecule has 0 aromatic heterocycles. The Morgan fingerprint density at radius 2 is 2.40 bits per heavy atom. The van der Waals surface area contributed by atoms with Crippen molar-refractivity contribution in [2.24, 2.45) is 0 Å². The summed E-state index contributed by atoms with van der Waals surface area (Å²) in [6, 6.07) is 0.701. The first-order valence-corrected chi connectivity index (χ1v) is 4.14. The van der Waals surface area contributed by atoms with Gasteiger partial charge in [-0.1, -0.05) is 0 Å². The summed E-state index contributed by atoms with van der Waals surface area (Å²) in [5.74, 6) is 0. The van der Waals surface area contributed by atoms with Crippen molar-refractivity contribution in [3.05, 3.63) is 0 Å². The number of alkyl halides is 1. The standard InChI is InChI=1S/C8H16FN/c1-8-4-2-6-10(8)7-3-5-9/h8H,2-7H2,1H3/t8-/m0/s1. The van der Waals surface area contributed by atoms with Crippen LogP contribution in [-0.4, -0.2) is 30.7 Å². The van der Waals surface area contributed by atoms with Crippen molar-refractivity contribution in [2.75, 3.05) is 19.8 Å². The molecule has 1 aliphatic rings. The van der Waals surface area contributed by atoms with Crippen LogP contribution in [0.25, 0.3) is 0 Å². The molecule has 1 heterocycles. The van der Waals surface area contributed by atoms with E-state index in [0.717, 1.165) is 6.54 Å². The topological polar surface area (TPSA) is 3.24 Å². The molecule has 10 heavy (non-hydrogen) atoms. The number of nitrogens with zero attached hydrogens (tertiary/aromatic N) is 1. The van der Waals surface area contributed by atoms with Gasteiger partial charge in [-0.3, -0.25) is 4.39 Å². The SMILES string of the molecule is C[C@H]1CCCN1CCCF. The van der Waals surface area contributed by atoms with Crippen LogP contribution >= 0.6 is 0 Å². The van der Waals surface area contributed by atoms with Gasteiger partial charge in [-0.05, 0) is 32.7 Å². The molecule has 0 aliphatic carbocycles. The molecule has 1 nitrogen and oxygen atoms in total. The third-order valence-electron chi connectivity index (χ3n) is 2.27. The number of hydrogen-bond acceptors (Lipinski definition) is 1. The van der Waals surface area contributed by atoms with Gasteiger partial charge >= 0.3 is 0 Å². The van der Waals surface area contributed by atoms with Crippen LogP contribution in [-0.2, 0) is 0 Å². The molecular formula is C8H16FN. The summed E-state index contributed by atoms with van der Waals surface area (Å²) in [5.41, 5.74) is 0. The summed E-state index contributed by atoms with van der Waals surface area (Å²) in [5, 5.41) is 0. The van der Waals surface area contributed by atoms with Crippen molar-refractivity contribution >= 4 is 0 Å². The smallest absolute Gasteiger partial charge is 0.0906 e. The fourth-order valence-corrected chi connectivity index (χ4v) is 1.59. The van der Waals surface area contributed by atoms with Gasteiger partial charge in [0.2, 0.25) is 0 Å². The van der Waals surface area contributed by atoms with Crippen LogP contribution in [0.2, 0.25) is 0 Å². The maximum Gasteiger partial charge on any atom is 0.0906 e. The maximum atomic E-state index is 11.7. The molecule has 0 spiro atoms. The highest BCUT2D eigenvalue weighted by Gasteiger charge is 2.18. The summed E-state index contributed by atoms with van der Waals surface area (Å²) in [4.78, 5) is 2.37. The van der Waals surface area contributed by atoms with Gasteiger partial charge in [0.05, 0.1) is 6.67 Å². The average Bonchev–Trinajstić information content (AvgIpc) is 2.31. The first kappa shape index (κ1) is 7.99. The molecule has 0 radical (unpaired) electrons. The quantitative estimate of drug-likeness (QED) is 0.585. The lowest BCUT2D eigenvalue weighted by Gasteiger charge is -2.19. The van der Waals surface area contributed by atoms with Crippen molar-refractivity contribution < 1.29 is 4.39 Å². The van der Waals surface area contributed by atoms with E-state index < -0.39 is 0 Å². The monoisotopic (exact) mass is 145 g/mol. The molecular weight excluding hydrogens is 129 g/mol. The Labute approximate surface area is 62.2 Å². The van der Waals surface area contributed by atoms with Gasteiger partial charge in [-0.2, -0.15) is 0 Å². The molecule has 0 amide bonds. The molecule has 1 saturated heterocycles. The van der Waals surface area contributed by atoms with Crippen molar-refractivity contribution in [2.45, 2.75) is 32.2 Å². The zero-order valence-electron chi connectivity index (χ0n) is 6.65. The Kier molecular flexibility index (Phi) is 3.13.